The van der Waals surface area contributed by atoms with Crippen LogP contribution in [0.5, 0.6) is 5.75 Å². The molecule has 4 heteroatoms. The zero-order valence-electron chi connectivity index (χ0n) is 5.51. The highest BCUT2D eigenvalue weighted by Gasteiger charge is 2.09. The monoisotopic (exact) mass is 176 g/mol. The van der Waals surface area contributed by atoms with Gasteiger partial charge in [0.25, 0.3) is 0 Å². The van der Waals surface area contributed by atoms with Crippen molar-refractivity contribution in [3.05, 3.63) is 28.5 Å². The summed E-state index contributed by atoms with van der Waals surface area (Å²) in [5.41, 5.74) is 0.0767. The minimum absolute atomic E-state index is 0.0767. The lowest BCUT2D eigenvalue weighted by atomic mass is 10.2. The summed E-state index contributed by atoms with van der Waals surface area (Å²) in [5.74, 6) is -1.09. The third-order valence-corrected chi connectivity index (χ3v) is 1.67. The number of phenols is 1. The number of aromatic hydroxyl groups is 1. The van der Waals surface area contributed by atoms with Crippen LogP contribution in [0.1, 0.15) is 5.56 Å². The fourth-order valence-electron chi connectivity index (χ4n) is 0.701. The zero-order valence-corrected chi connectivity index (χ0v) is 6.27. The number of aliphatic hydroxyl groups excluding tert-OH is 1. The molecule has 2 N–H and O–H groups in total. The average molecular weight is 177 g/mol. The number of benzene rings is 1. The molecule has 0 spiro atoms. The summed E-state index contributed by atoms with van der Waals surface area (Å²) in [7, 11) is 0. The van der Waals surface area contributed by atoms with Gasteiger partial charge in [0, 0.05) is 5.56 Å². The largest absolute Gasteiger partial charge is 0.506 e. The Kier molecular flexibility index (Phi) is 2.31. The Labute approximate surface area is 67.9 Å². The third kappa shape index (κ3) is 1.44. The SMILES string of the molecule is OCc1ccc(O)c(Cl)c1F. The van der Waals surface area contributed by atoms with Crippen molar-refractivity contribution in [2.75, 3.05) is 0 Å². The van der Waals surface area contributed by atoms with E-state index in [1.165, 1.54) is 12.1 Å². The average Bonchev–Trinajstić information content (AvgIpc) is 2.01. The number of hydrogen-bond donors (Lipinski definition) is 2. The van der Waals surface area contributed by atoms with Gasteiger partial charge in [0.1, 0.15) is 10.8 Å². The smallest absolute Gasteiger partial charge is 0.151 e. The Morgan fingerprint density at radius 3 is 2.64 bits per heavy atom. The van der Waals surface area contributed by atoms with Crippen LogP contribution >= 0.6 is 11.6 Å². The van der Waals surface area contributed by atoms with Crippen LogP contribution in [0.25, 0.3) is 0 Å². The summed E-state index contributed by atoms with van der Waals surface area (Å²) < 4.78 is 12.8. The van der Waals surface area contributed by atoms with E-state index in [1.54, 1.807) is 0 Å². The Balaban J connectivity index is 3.25. The summed E-state index contributed by atoms with van der Waals surface area (Å²) in [6.07, 6.45) is 0. The fourth-order valence-corrected chi connectivity index (χ4v) is 0.886. The Hall–Kier alpha value is -0.800. The normalized spacial score (nSPS) is 10.1. The van der Waals surface area contributed by atoms with E-state index < -0.39 is 12.4 Å². The molecule has 11 heavy (non-hydrogen) atoms. The number of halogens is 2. The Morgan fingerprint density at radius 1 is 1.45 bits per heavy atom. The van der Waals surface area contributed by atoms with Crippen molar-refractivity contribution in [1.82, 2.24) is 0 Å². The van der Waals surface area contributed by atoms with Gasteiger partial charge in [-0.3, -0.25) is 0 Å². The number of rotatable bonds is 1. The van der Waals surface area contributed by atoms with Gasteiger partial charge in [0.15, 0.2) is 5.82 Å². The second kappa shape index (κ2) is 3.07. The topological polar surface area (TPSA) is 40.5 Å². The molecule has 0 heterocycles. The van der Waals surface area contributed by atoms with Crippen molar-refractivity contribution in [1.29, 1.82) is 0 Å². The van der Waals surface area contributed by atoms with Gasteiger partial charge in [0.2, 0.25) is 0 Å². The van der Waals surface area contributed by atoms with Gasteiger partial charge in [0.05, 0.1) is 6.61 Å². The van der Waals surface area contributed by atoms with Crippen molar-refractivity contribution in [3.63, 3.8) is 0 Å². The van der Waals surface area contributed by atoms with Gasteiger partial charge in [-0.05, 0) is 6.07 Å². The van der Waals surface area contributed by atoms with Crippen LogP contribution in [-0.4, -0.2) is 10.2 Å². The molecule has 1 aromatic carbocycles. The minimum Gasteiger partial charge on any atom is -0.506 e. The lowest BCUT2D eigenvalue weighted by molar-refractivity contribution is 0.275. The molecule has 0 aliphatic heterocycles. The second-order valence-electron chi connectivity index (χ2n) is 2.03. The first-order valence-electron chi connectivity index (χ1n) is 2.93. The van der Waals surface area contributed by atoms with E-state index >= 15 is 0 Å². The lowest BCUT2D eigenvalue weighted by Crippen LogP contribution is -1.89. The molecule has 0 unspecified atom stereocenters. The first-order valence-corrected chi connectivity index (χ1v) is 3.31. The molecular formula is C7H6ClFO2. The molecule has 0 atom stereocenters. The van der Waals surface area contributed by atoms with Crippen LogP contribution in [-0.2, 0) is 6.61 Å². The zero-order chi connectivity index (χ0) is 8.43. The molecule has 0 saturated heterocycles. The number of phenolic OH excluding ortho intramolecular Hbond substituents is 1. The summed E-state index contributed by atoms with van der Waals surface area (Å²) in [6, 6.07) is 2.51. The highest BCUT2D eigenvalue weighted by atomic mass is 35.5. The molecule has 0 fully saturated rings. The minimum atomic E-state index is -0.769. The molecule has 0 aliphatic rings. The van der Waals surface area contributed by atoms with Crippen molar-refractivity contribution < 1.29 is 14.6 Å². The quantitative estimate of drug-likeness (QED) is 0.684. The summed E-state index contributed by atoms with van der Waals surface area (Å²) in [4.78, 5) is 0. The molecule has 1 rings (SSSR count). The third-order valence-electron chi connectivity index (χ3n) is 1.31. The molecule has 0 bridgehead atoms. The van der Waals surface area contributed by atoms with E-state index in [-0.39, 0.29) is 16.3 Å². The van der Waals surface area contributed by atoms with Crippen molar-refractivity contribution in [2.45, 2.75) is 6.61 Å². The van der Waals surface area contributed by atoms with Crippen LogP contribution in [0.2, 0.25) is 5.02 Å². The fraction of sp³-hybridized carbons (Fsp3) is 0.143. The highest BCUT2D eigenvalue weighted by molar-refractivity contribution is 6.32. The van der Waals surface area contributed by atoms with Crippen molar-refractivity contribution in [3.8, 4) is 5.75 Å². The Bertz CT molecular complexity index is 275. The summed E-state index contributed by atoms with van der Waals surface area (Å²) in [6.45, 7) is -0.425. The van der Waals surface area contributed by atoms with Crippen molar-refractivity contribution in [2.24, 2.45) is 0 Å². The molecule has 2 nitrogen and oxygen atoms in total. The van der Waals surface area contributed by atoms with E-state index in [9.17, 15) is 4.39 Å². The first kappa shape index (κ1) is 8.30. The Morgan fingerprint density at radius 2 is 2.09 bits per heavy atom. The van der Waals surface area contributed by atoms with Crippen LogP contribution in [0.3, 0.4) is 0 Å². The van der Waals surface area contributed by atoms with Crippen LogP contribution < -0.4 is 0 Å². The molecular weight excluding hydrogens is 171 g/mol. The van der Waals surface area contributed by atoms with Gasteiger partial charge in [-0.25, -0.2) is 4.39 Å². The molecule has 0 aromatic heterocycles. The molecule has 60 valence electrons. The number of hydrogen-bond acceptors (Lipinski definition) is 2. The maximum atomic E-state index is 12.8. The predicted octanol–water partition coefficient (Wildman–Crippen LogP) is 1.68. The lowest BCUT2D eigenvalue weighted by Gasteiger charge is -2.01. The van der Waals surface area contributed by atoms with E-state index in [2.05, 4.69) is 0 Å². The molecule has 0 amide bonds. The van der Waals surface area contributed by atoms with Crippen molar-refractivity contribution >= 4 is 11.6 Å². The second-order valence-corrected chi connectivity index (χ2v) is 2.41. The maximum Gasteiger partial charge on any atom is 0.151 e. The van der Waals surface area contributed by atoms with Gasteiger partial charge >= 0.3 is 0 Å². The van der Waals surface area contributed by atoms with Crippen LogP contribution in [0.15, 0.2) is 12.1 Å². The van der Waals surface area contributed by atoms with Gasteiger partial charge in [-0.1, -0.05) is 17.7 Å². The van der Waals surface area contributed by atoms with E-state index in [0.717, 1.165) is 0 Å². The summed E-state index contributed by atoms with van der Waals surface area (Å²) >= 11 is 5.33. The van der Waals surface area contributed by atoms with E-state index in [1.807, 2.05) is 0 Å². The standard InChI is InChI=1S/C7H6ClFO2/c8-6-5(11)2-1-4(3-10)7(6)9/h1-2,10-11H,3H2. The number of aliphatic hydroxyl groups is 1. The van der Waals surface area contributed by atoms with Gasteiger partial charge in [-0.15, -0.1) is 0 Å². The summed E-state index contributed by atoms with van der Waals surface area (Å²) in [5, 5.41) is 17.1. The van der Waals surface area contributed by atoms with Crippen LogP contribution in [0.4, 0.5) is 4.39 Å². The maximum absolute atomic E-state index is 12.8. The molecule has 0 radical (unpaired) electrons. The molecule has 0 aliphatic carbocycles. The molecule has 0 saturated carbocycles. The molecule has 1 aromatic rings. The van der Waals surface area contributed by atoms with Crippen LogP contribution in [0, 0.1) is 5.82 Å². The highest BCUT2D eigenvalue weighted by Crippen LogP contribution is 2.27. The predicted molar refractivity (Wildman–Crippen MR) is 39.0 cm³/mol. The van der Waals surface area contributed by atoms with Gasteiger partial charge < -0.3 is 10.2 Å². The van der Waals surface area contributed by atoms with E-state index in [4.69, 9.17) is 21.8 Å². The van der Waals surface area contributed by atoms with Gasteiger partial charge in [-0.2, -0.15) is 0 Å². The first-order chi connectivity index (χ1) is 5.16. The van der Waals surface area contributed by atoms with E-state index in [0.29, 0.717) is 0 Å².